The Morgan fingerprint density at radius 1 is 0.942 bits per heavy atom. The number of carbonyl (C=O) groups is 4. The van der Waals surface area contributed by atoms with Crippen LogP contribution in [-0.2, 0) is 28.7 Å². The summed E-state index contributed by atoms with van der Waals surface area (Å²) in [5.74, 6) is -0.232. The molecule has 0 unspecified atom stereocenters. The summed E-state index contributed by atoms with van der Waals surface area (Å²) in [6.07, 6.45) is 2.71. The summed E-state index contributed by atoms with van der Waals surface area (Å²) in [5, 5.41) is 29.8. The second kappa shape index (κ2) is 22.4. The Bertz CT molecular complexity index is 2710. The van der Waals surface area contributed by atoms with Crippen LogP contribution in [0.25, 0.3) is 15.4 Å². The lowest BCUT2D eigenvalue weighted by atomic mass is 9.85. The highest BCUT2D eigenvalue weighted by molar-refractivity contribution is 7.15. The van der Waals surface area contributed by atoms with Crippen LogP contribution in [0.3, 0.4) is 0 Å². The Morgan fingerprint density at radius 2 is 1.64 bits per heavy atom. The molecule has 5 aromatic rings. The molecule has 19 heteroatoms. The van der Waals surface area contributed by atoms with Crippen molar-refractivity contribution in [3.05, 3.63) is 116 Å². The molecule has 5 heterocycles. The first-order valence-electron chi connectivity index (χ1n) is 22.9. The van der Waals surface area contributed by atoms with E-state index in [1.165, 1.54) is 4.90 Å². The molecule has 2 aromatic carbocycles. The number of aliphatic imine (C=N–C) groups is 1. The molecular formula is C50H60ClN9O7S2. The number of likely N-dealkylation sites (tertiary alicyclic amines) is 1. The largest absolute Gasteiger partial charge is 0.391 e. The molecule has 0 bridgehead atoms. The Labute approximate surface area is 415 Å². The number of amides is 4. The predicted octanol–water partition coefficient (Wildman–Crippen LogP) is 6.70. The fraction of sp³-hybridized carbons (Fsp3) is 0.440. The number of β-amino-alcohol motifs (C(OH)–C–C–N with tert-alkyl or cyclic N) is 1. The number of nitrogens with zero attached hydrogens (tertiary/aromatic N) is 6. The maximum atomic E-state index is 14.1. The fourth-order valence-electron chi connectivity index (χ4n) is 8.37. The van der Waals surface area contributed by atoms with Gasteiger partial charge in [0.1, 0.15) is 35.6 Å². The van der Waals surface area contributed by atoms with Crippen molar-refractivity contribution in [3.8, 4) is 15.4 Å². The number of aryl methyl sites for hydroxylation is 3. The van der Waals surface area contributed by atoms with Gasteiger partial charge >= 0.3 is 0 Å². The topological polar surface area (TPSA) is 202 Å². The monoisotopic (exact) mass is 997 g/mol. The van der Waals surface area contributed by atoms with Crippen LogP contribution in [0.4, 0.5) is 0 Å². The van der Waals surface area contributed by atoms with E-state index in [0.29, 0.717) is 16.7 Å². The summed E-state index contributed by atoms with van der Waals surface area (Å²) in [4.78, 5) is 67.2. The van der Waals surface area contributed by atoms with Gasteiger partial charge in [0.25, 0.3) is 0 Å². The first-order chi connectivity index (χ1) is 32.9. The number of thiazole rings is 1. The third kappa shape index (κ3) is 12.2. The summed E-state index contributed by atoms with van der Waals surface area (Å²) >= 11 is 9.45. The standard InChI is InChI=1S/C50H60ClN9O7S2/c1-28-31(4)69-49-42(28)43(34-15-17-36(51)18-16-34)55-38(46-58-57-32(5)60(46)49)24-40(62)52-19-22-66-20-9-10-21-67-26-41(63)56-45(50(6,7)8)48(65)59-25-37(61)23-39(59)47(64)54-29(2)33-11-13-35(14-12-33)44-30(3)53-27-68-44/h9-18,27,29,37-39,45,61H,19-26H2,1-8H3,(H,52,62)(H,54,64)(H,56,63)/b10-9-/t29-,37+,38-,39-,45+/m0/s1. The molecule has 0 saturated carbocycles. The van der Waals surface area contributed by atoms with Gasteiger partial charge in [0.2, 0.25) is 23.6 Å². The molecule has 1 saturated heterocycles. The number of thiophene rings is 1. The van der Waals surface area contributed by atoms with Crippen molar-refractivity contribution in [3.63, 3.8) is 0 Å². The number of nitrogens with one attached hydrogen (secondary N) is 3. The van der Waals surface area contributed by atoms with Gasteiger partial charge in [-0.15, -0.1) is 32.9 Å². The van der Waals surface area contributed by atoms with Gasteiger partial charge in [0.15, 0.2) is 5.82 Å². The van der Waals surface area contributed by atoms with E-state index in [0.717, 1.165) is 54.0 Å². The van der Waals surface area contributed by atoms with Gasteiger partial charge in [-0.1, -0.05) is 80.9 Å². The number of aromatic nitrogens is 4. The van der Waals surface area contributed by atoms with E-state index in [9.17, 15) is 24.3 Å². The number of carbonyl (C=O) groups excluding carboxylic acids is 4. The number of halogens is 1. The van der Waals surface area contributed by atoms with Crippen molar-refractivity contribution in [1.82, 2.24) is 40.6 Å². The molecule has 5 atom stereocenters. The number of hydrogen-bond donors (Lipinski definition) is 4. The first kappa shape index (κ1) is 51.2. The van der Waals surface area contributed by atoms with Crippen LogP contribution in [0.1, 0.15) is 97.1 Å². The molecular weight excluding hydrogens is 938 g/mol. The molecule has 69 heavy (non-hydrogen) atoms. The van der Waals surface area contributed by atoms with Gasteiger partial charge in [-0.2, -0.15) is 0 Å². The minimum Gasteiger partial charge on any atom is -0.391 e. The van der Waals surface area contributed by atoms with E-state index in [4.69, 9.17) is 26.1 Å². The lowest BCUT2D eigenvalue weighted by Gasteiger charge is -2.35. The molecule has 2 aliphatic rings. The highest BCUT2D eigenvalue weighted by Crippen LogP contribution is 2.40. The number of hydrogen-bond acceptors (Lipinski definition) is 13. The average molecular weight is 999 g/mol. The van der Waals surface area contributed by atoms with Gasteiger partial charge in [-0.3, -0.25) is 28.7 Å². The summed E-state index contributed by atoms with van der Waals surface area (Å²) < 4.78 is 13.3. The predicted molar refractivity (Wildman–Crippen MR) is 268 cm³/mol. The van der Waals surface area contributed by atoms with Crippen LogP contribution in [0.5, 0.6) is 0 Å². The second-order valence-corrected chi connectivity index (χ2v) is 20.9. The van der Waals surface area contributed by atoms with E-state index in [1.807, 2.05) is 100 Å². The lowest BCUT2D eigenvalue weighted by molar-refractivity contribution is -0.144. The number of fused-ring (bicyclic) bond motifs is 3. The van der Waals surface area contributed by atoms with Crippen molar-refractivity contribution in [2.24, 2.45) is 10.4 Å². The Morgan fingerprint density at radius 3 is 2.32 bits per heavy atom. The van der Waals surface area contributed by atoms with Crippen molar-refractivity contribution in [2.45, 2.75) is 98.5 Å². The van der Waals surface area contributed by atoms with E-state index >= 15 is 0 Å². The summed E-state index contributed by atoms with van der Waals surface area (Å²) in [5.41, 5.74) is 7.75. The molecule has 4 amide bonds. The molecule has 0 spiro atoms. The third-order valence-corrected chi connectivity index (χ3v) is 14.6. The van der Waals surface area contributed by atoms with Crippen LogP contribution in [-0.4, -0.2) is 117 Å². The van der Waals surface area contributed by atoms with E-state index < -0.39 is 41.5 Å². The van der Waals surface area contributed by atoms with E-state index in [-0.39, 0.29) is 70.2 Å². The highest BCUT2D eigenvalue weighted by Gasteiger charge is 2.45. The zero-order chi connectivity index (χ0) is 49.6. The van der Waals surface area contributed by atoms with Crippen molar-refractivity contribution < 1.29 is 33.8 Å². The SMILES string of the molecule is Cc1ncsc1-c1ccc([C@H](C)NC(=O)[C@@H]2C[C@@H](O)CN2C(=O)[C@@H](NC(=O)COC/C=C\COCCNC(=O)C[C@@H]2N=C(c3ccc(Cl)cc3)c3c(sc(C)c3C)-n3c(C)nnc32)C(C)(C)C)cc1. The van der Waals surface area contributed by atoms with Crippen LogP contribution < -0.4 is 16.0 Å². The molecule has 2 aliphatic heterocycles. The second-order valence-electron chi connectivity index (χ2n) is 18.4. The van der Waals surface area contributed by atoms with Gasteiger partial charge in [0.05, 0.1) is 60.2 Å². The number of aliphatic hydroxyl groups is 1. The summed E-state index contributed by atoms with van der Waals surface area (Å²) in [6, 6.07) is 12.6. The molecule has 366 valence electrons. The molecule has 0 radical (unpaired) electrons. The maximum Gasteiger partial charge on any atom is 0.246 e. The molecule has 7 rings (SSSR count). The molecule has 0 aliphatic carbocycles. The minimum atomic E-state index is -0.988. The van der Waals surface area contributed by atoms with Gasteiger partial charge in [-0.25, -0.2) is 4.98 Å². The Kier molecular flexibility index (Phi) is 16.6. The first-order valence-corrected chi connectivity index (χ1v) is 25.0. The average Bonchev–Trinajstić information content (AvgIpc) is 4.08. The maximum absolute atomic E-state index is 14.1. The molecule has 16 nitrogen and oxygen atoms in total. The van der Waals surface area contributed by atoms with Crippen LogP contribution in [0.15, 0.2) is 71.2 Å². The number of benzene rings is 2. The molecule has 1 fully saturated rings. The zero-order valence-electron chi connectivity index (χ0n) is 40.2. The molecule has 4 N–H and O–H groups in total. The van der Waals surface area contributed by atoms with Crippen molar-refractivity contribution in [1.29, 1.82) is 0 Å². The van der Waals surface area contributed by atoms with Gasteiger partial charge in [0, 0.05) is 40.5 Å². The number of aliphatic hydroxyl groups excluding tert-OH is 1. The van der Waals surface area contributed by atoms with Gasteiger partial charge < -0.3 is 35.4 Å². The Hall–Kier alpha value is -5.63. The summed E-state index contributed by atoms with van der Waals surface area (Å²) in [6.45, 7) is 15.9. The smallest absolute Gasteiger partial charge is 0.246 e. The zero-order valence-corrected chi connectivity index (χ0v) is 42.6. The number of ether oxygens (including phenoxy) is 2. The van der Waals surface area contributed by atoms with E-state index in [1.54, 1.807) is 34.8 Å². The normalized spacial score (nSPS) is 17.7. The van der Waals surface area contributed by atoms with Crippen molar-refractivity contribution in [2.75, 3.05) is 39.5 Å². The van der Waals surface area contributed by atoms with Gasteiger partial charge in [-0.05, 0) is 68.9 Å². The lowest BCUT2D eigenvalue weighted by Crippen LogP contribution is -2.58. The summed E-state index contributed by atoms with van der Waals surface area (Å²) in [7, 11) is 0. The minimum absolute atomic E-state index is 0.0323. The van der Waals surface area contributed by atoms with Crippen LogP contribution in [0, 0.1) is 33.1 Å². The fourth-order valence-corrected chi connectivity index (χ4v) is 10.5. The Balaban J connectivity index is 0.839. The highest BCUT2D eigenvalue weighted by atomic mass is 35.5. The third-order valence-electron chi connectivity index (χ3n) is 12.2. The van der Waals surface area contributed by atoms with E-state index in [2.05, 4.69) is 45.0 Å². The molecule has 3 aromatic heterocycles. The van der Waals surface area contributed by atoms with Crippen LogP contribution in [0.2, 0.25) is 5.02 Å². The quantitative estimate of drug-likeness (QED) is 0.0541. The number of rotatable bonds is 18. The van der Waals surface area contributed by atoms with Crippen molar-refractivity contribution >= 4 is 63.6 Å². The van der Waals surface area contributed by atoms with Crippen LogP contribution >= 0.6 is 34.3 Å².